The van der Waals surface area contributed by atoms with Crippen molar-refractivity contribution >= 4 is 23.4 Å². The van der Waals surface area contributed by atoms with Crippen molar-refractivity contribution in [3.05, 3.63) is 90.0 Å². The van der Waals surface area contributed by atoms with E-state index in [0.29, 0.717) is 29.3 Å². The van der Waals surface area contributed by atoms with Crippen molar-refractivity contribution in [2.24, 2.45) is 0 Å². The van der Waals surface area contributed by atoms with Crippen LogP contribution in [0.15, 0.2) is 78.9 Å². The number of anilines is 1. The molecule has 234 valence electrons. The van der Waals surface area contributed by atoms with Gasteiger partial charge in [0.05, 0.1) is 18.9 Å². The molecule has 3 amide bonds. The van der Waals surface area contributed by atoms with Gasteiger partial charge >= 0.3 is 12.1 Å². The van der Waals surface area contributed by atoms with E-state index in [1.54, 1.807) is 53.8 Å². The molecule has 13 heteroatoms. The Morgan fingerprint density at radius 1 is 0.841 bits per heavy atom. The Morgan fingerprint density at radius 2 is 1.45 bits per heavy atom. The van der Waals surface area contributed by atoms with Crippen LogP contribution in [-0.2, 0) is 25.7 Å². The number of para-hydroxylation sites is 1. The van der Waals surface area contributed by atoms with Crippen LogP contribution in [0, 0.1) is 0 Å². The maximum Gasteiger partial charge on any atom is 0.453 e. The fraction of sp³-hybridized carbons (Fsp3) is 0.323. The molecule has 2 N–H and O–H groups in total. The van der Waals surface area contributed by atoms with Crippen LogP contribution in [0.1, 0.15) is 30.5 Å². The van der Waals surface area contributed by atoms with Crippen LogP contribution in [0.4, 0.5) is 32.0 Å². The highest BCUT2D eigenvalue weighted by atomic mass is 19.4. The van der Waals surface area contributed by atoms with Gasteiger partial charge < -0.3 is 20.3 Å². The number of halogens is 6. The van der Waals surface area contributed by atoms with Gasteiger partial charge in [-0.25, -0.2) is 4.39 Å². The van der Waals surface area contributed by atoms with Gasteiger partial charge in [-0.2, -0.15) is 22.0 Å². The monoisotopic (exact) mass is 621 g/mol. The lowest BCUT2D eigenvalue weighted by Gasteiger charge is -2.28. The van der Waals surface area contributed by atoms with Crippen LogP contribution >= 0.6 is 0 Å². The van der Waals surface area contributed by atoms with Crippen molar-refractivity contribution in [3.63, 3.8) is 0 Å². The largest absolute Gasteiger partial charge is 0.453 e. The third-order valence-electron chi connectivity index (χ3n) is 7.11. The lowest BCUT2D eigenvalue weighted by atomic mass is 9.94. The highest BCUT2D eigenvalue weighted by Gasteiger charge is 2.57. The molecule has 44 heavy (non-hydrogen) atoms. The molecule has 3 aromatic carbocycles. The fourth-order valence-corrected chi connectivity index (χ4v) is 4.64. The van der Waals surface area contributed by atoms with Crippen molar-refractivity contribution in [1.82, 2.24) is 10.6 Å². The second-order valence-electron chi connectivity index (χ2n) is 10.3. The van der Waals surface area contributed by atoms with Crippen LogP contribution in [0.25, 0.3) is 11.1 Å². The smallest absolute Gasteiger partial charge is 0.375 e. The third kappa shape index (κ3) is 7.04. The molecule has 1 aliphatic rings. The van der Waals surface area contributed by atoms with E-state index < -0.39 is 54.5 Å². The predicted molar refractivity (Wildman–Crippen MR) is 149 cm³/mol. The molecule has 2 atom stereocenters. The summed E-state index contributed by atoms with van der Waals surface area (Å²) in [6.07, 6.45) is -7.72. The van der Waals surface area contributed by atoms with Gasteiger partial charge in [-0.1, -0.05) is 72.8 Å². The Hall–Kier alpha value is -4.39. The molecular formula is C31H29F6N3O4. The Bertz CT molecular complexity index is 1500. The minimum absolute atomic E-state index is 0.0455. The molecule has 0 unspecified atom stereocenters. The number of carbonyl (C=O) groups excluding carboxylic acids is 3. The van der Waals surface area contributed by atoms with E-state index in [4.69, 9.17) is 4.74 Å². The lowest BCUT2D eigenvalue weighted by Crippen LogP contribution is -2.55. The standard InChI is InChI=1S/C31H29F6N3O4/c1-29(32,27(42)38-16-15-30(33,34)31(35,36)37)28(43)39-25-23-13-6-5-11-21(23)22-12-7-8-14-24(22)40(26(25)41)17-18-44-19-20-9-3-2-4-10-20/h2-14,25H,15-19H2,1H3,(H,38,42)(H,39,43)/t25-,29+/m0/s1. The van der Waals surface area contributed by atoms with Gasteiger partial charge in [0.2, 0.25) is 0 Å². The molecule has 0 saturated carbocycles. The van der Waals surface area contributed by atoms with E-state index in [2.05, 4.69) is 5.32 Å². The number of rotatable bonds is 11. The van der Waals surface area contributed by atoms with E-state index in [0.717, 1.165) is 5.56 Å². The van der Waals surface area contributed by atoms with Crippen molar-refractivity contribution in [2.75, 3.05) is 24.6 Å². The molecule has 0 fully saturated rings. The quantitative estimate of drug-likeness (QED) is 0.168. The SMILES string of the molecule is C[C@@](F)(C(=O)NCCC(F)(F)C(F)(F)F)C(=O)N[C@@H]1C(=O)N(CCOCc2ccccc2)c2ccccc2-c2ccccc21. The first-order chi connectivity index (χ1) is 20.7. The summed E-state index contributed by atoms with van der Waals surface area (Å²) >= 11 is 0. The van der Waals surface area contributed by atoms with Crippen LogP contribution in [-0.4, -0.2) is 55.2 Å². The van der Waals surface area contributed by atoms with E-state index in [9.17, 15) is 36.3 Å². The zero-order valence-corrected chi connectivity index (χ0v) is 23.5. The predicted octanol–water partition coefficient (Wildman–Crippen LogP) is 5.51. The Kier molecular flexibility index (Phi) is 9.67. The summed E-state index contributed by atoms with van der Waals surface area (Å²) < 4.78 is 85.0. The molecular weight excluding hydrogens is 592 g/mol. The second kappa shape index (κ2) is 13.1. The van der Waals surface area contributed by atoms with Crippen LogP contribution < -0.4 is 15.5 Å². The summed E-state index contributed by atoms with van der Waals surface area (Å²) in [5.41, 5.74) is -0.527. The molecule has 1 aliphatic heterocycles. The lowest BCUT2D eigenvalue weighted by molar-refractivity contribution is -0.283. The average Bonchev–Trinajstić information content (AvgIpc) is 3.08. The number of nitrogens with zero attached hydrogens (tertiary/aromatic N) is 1. The maximum absolute atomic E-state index is 15.5. The van der Waals surface area contributed by atoms with E-state index >= 15 is 4.39 Å². The third-order valence-corrected chi connectivity index (χ3v) is 7.11. The molecule has 0 spiro atoms. The molecule has 0 radical (unpaired) electrons. The number of carbonyl (C=O) groups is 3. The number of hydrogen-bond acceptors (Lipinski definition) is 4. The van der Waals surface area contributed by atoms with Gasteiger partial charge in [-0.05, 0) is 29.7 Å². The summed E-state index contributed by atoms with van der Waals surface area (Å²) in [4.78, 5) is 40.9. The number of alkyl halides is 6. The van der Waals surface area contributed by atoms with Crippen LogP contribution in [0.2, 0.25) is 0 Å². The van der Waals surface area contributed by atoms with Gasteiger partial charge in [0.1, 0.15) is 6.04 Å². The van der Waals surface area contributed by atoms with Crippen molar-refractivity contribution < 1.29 is 45.5 Å². The highest BCUT2D eigenvalue weighted by molar-refractivity contribution is 6.11. The summed E-state index contributed by atoms with van der Waals surface area (Å²) in [5, 5.41) is 3.88. The van der Waals surface area contributed by atoms with Crippen molar-refractivity contribution in [3.8, 4) is 11.1 Å². The van der Waals surface area contributed by atoms with Gasteiger partial charge in [0, 0.05) is 25.1 Å². The summed E-state index contributed by atoms with van der Waals surface area (Å²) in [5.74, 6) is -9.12. The van der Waals surface area contributed by atoms with Gasteiger partial charge in [-0.3, -0.25) is 14.4 Å². The van der Waals surface area contributed by atoms with Gasteiger partial charge in [0.15, 0.2) is 0 Å². The zero-order valence-electron chi connectivity index (χ0n) is 23.5. The number of amides is 3. The fourth-order valence-electron chi connectivity index (χ4n) is 4.64. The molecule has 0 bridgehead atoms. The highest BCUT2D eigenvalue weighted by Crippen LogP contribution is 2.40. The van der Waals surface area contributed by atoms with E-state index in [1.807, 2.05) is 30.3 Å². The number of hydrogen-bond donors (Lipinski definition) is 2. The van der Waals surface area contributed by atoms with E-state index in [1.165, 1.54) is 4.90 Å². The number of ether oxygens (including phenoxy) is 1. The first-order valence-electron chi connectivity index (χ1n) is 13.6. The second-order valence-corrected chi connectivity index (χ2v) is 10.3. The number of benzene rings is 3. The van der Waals surface area contributed by atoms with Gasteiger partial charge in [-0.15, -0.1) is 0 Å². The summed E-state index contributed by atoms with van der Waals surface area (Å²) in [6.45, 7) is -0.317. The van der Waals surface area contributed by atoms with Crippen molar-refractivity contribution in [2.45, 2.75) is 43.8 Å². The molecule has 1 heterocycles. The van der Waals surface area contributed by atoms with Gasteiger partial charge in [0.25, 0.3) is 23.4 Å². The molecule has 0 aliphatic carbocycles. The Morgan fingerprint density at radius 3 is 2.14 bits per heavy atom. The van der Waals surface area contributed by atoms with E-state index in [-0.39, 0.29) is 19.8 Å². The number of fused-ring (bicyclic) bond motifs is 3. The normalized spacial score (nSPS) is 16.3. The zero-order chi connectivity index (χ0) is 32.1. The first kappa shape index (κ1) is 32.5. The molecule has 0 saturated heterocycles. The van der Waals surface area contributed by atoms with Crippen LogP contribution in [0.5, 0.6) is 0 Å². The van der Waals surface area contributed by atoms with Crippen LogP contribution in [0.3, 0.4) is 0 Å². The minimum Gasteiger partial charge on any atom is -0.375 e. The summed E-state index contributed by atoms with van der Waals surface area (Å²) in [6, 6.07) is 21.4. The summed E-state index contributed by atoms with van der Waals surface area (Å²) in [7, 11) is 0. The first-order valence-corrected chi connectivity index (χ1v) is 13.6. The topological polar surface area (TPSA) is 87.7 Å². The average molecular weight is 622 g/mol. The molecule has 4 rings (SSSR count). The minimum atomic E-state index is -5.86. The molecule has 0 aromatic heterocycles. The Labute approximate surface area is 249 Å². The maximum atomic E-state index is 15.5. The molecule has 3 aromatic rings. The number of nitrogens with one attached hydrogen (secondary N) is 2. The molecule has 7 nitrogen and oxygen atoms in total. The van der Waals surface area contributed by atoms with Crippen molar-refractivity contribution in [1.29, 1.82) is 0 Å². The Balaban J connectivity index is 1.54.